The van der Waals surface area contributed by atoms with E-state index in [4.69, 9.17) is 0 Å². The molecule has 0 aliphatic carbocycles. The number of rotatable bonds is 0. The van der Waals surface area contributed by atoms with Gasteiger partial charge >= 0.3 is 11.9 Å². The van der Waals surface area contributed by atoms with Crippen molar-refractivity contribution in [2.45, 2.75) is 12.8 Å². The average Bonchev–Trinajstić information content (AvgIpc) is 1.83. The van der Waals surface area contributed by atoms with Gasteiger partial charge in [0.15, 0.2) is 0 Å². The van der Waals surface area contributed by atoms with Gasteiger partial charge in [-0.3, -0.25) is 9.59 Å². The summed E-state index contributed by atoms with van der Waals surface area (Å²) in [6.45, 7) is 0.707. The van der Waals surface area contributed by atoms with Crippen LogP contribution in [0, 0.1) is 0 Å². The molecule has 1 rings (SSSR count). The van der Waals surface area contributed by atoms with Crippen LogP contribution >= 0.6 is 0 Å². The number of hydrogen-bond donors (Lipinski definition) is 0. The fourth-order valence-corrected chi connectivity index (χ4v) is 0.651. The van der Waals surface area contributed by atoms with Gasteiger partial charge in [-0.05, 0) is 0 Å². The lowest BCUT2D eigenvalue weighted by Gasteiger charge is -2.09. The number of carbonyl (C=O) groups is 2. The van der Waals surface area contributed by atoms with Crippen molar-refractivity contribution >= 4 is 11.9 Å². The van der Waals surface area contributed by atoms with Gasteiger partial charge in [-0.25, -0.2) is 0 Å². The van der Waals surface area contributed by atoms with Crippen molar-refractivity contribution in [1.29, 1.82) is 0 Å². The van der Waals surface area contributed by atoms with Crippen molar-refractivity contribution in [3.8, 4) is 0 Å². The van der Waals surface area contributed by atoms with E-state index in [-0.39, 0.29) is 6.42 Å². The van der Waals surface area contributed by atoms with E-state index in [9.17, 15) is 9.59 Å². The molecule has 0 aromatic heterocycles. The van der Waals surface area contributed by atoms with E-state index in [1.807, 2.05) is 0 Å². The van der Waals surface area contributed by atoms with Crippen LogP contribution in [0.25, 0.3) is 0 Å². The average molecular weight is 144 g/mol. The molecule has 4 heteroatoms. The van der Waals surface area contributed by atoms with Crippen molar-refractivity contribution < 1.29 is 19.1 Å². The lowest BCUT2D eigenvalue weighted by Crippen LogP contribution is -2.19. The van der Waals surface area contributed by atoms with Crippen molar-refractivity contribution in [3.05, 3.63) is 0 Å². The highest BCUT2D eigenvalue weighted by molar-refractivity contribution is 5.91. The van der Waals surface area contributed by atoms with Crippen molar-refractivity contribution in [2.75, 3.05) is 13.2 Å². The maximum absolute atomic E-state index is 10.5. The number of carbonyl (C=O) groups excluding carboxylic acids is 2. The first-order chi connectivity index (χ1) is 4.79. The summed E-state index contributed by atoms with van der Waals surface area (Å²) < 4.78 is 9.23. The molecule has 56 valence electrons. The zero-order valence-electron chi connectivity index (χ0n) is 5.46. The molecular weight excluding hydrogens is 136 g/mol. The van der Waals surface area contributed by atoms with Gasteiger partial charge < -0.3 is 9.47 Å². The van der Waals surface area contributed by atoms with Crippen LogP contribution in [0.1, 0.15) is 12.8 Å². The number of hydrogen-bond acceptors (Lipinski definition) is 4. The maximum atomic E-state index is 10.5. The first kappa shape index (κ1) is 7.05. The molecule has 0 amide bonds. The fraction of sp³-hybridized carbons (Fsp3) is 0.667. The highest BCUT2D eigenvalue weighted by Gasteiger charge is 2.14. The van der Waals surface area contributed by atoms with Gasteiger partial charge in [-0.2, -0.15) is 0 Å². The smallest absolute Gasteiger partial charge is 0.317 e. The van der Waals surface area contributed by atoms with Crippen LogP contribution in [-0.2, 0) is 19.1 Å². The van der Waals surface area contributed by atoms with Crippen LogP contribution in [0.4, 0.5) is 0 Å². The summed E-state index contributed by atoms with van der Waals surface area (Å²) in [7, 11) is 0. The monoisotopic (exact) mass is 144 g/mol. The second-order valence-electron chi connectivity index (χ2n) is 1.97. The Balaban J connectivity index is 2.40. The van der Waals surface area contributed by atoms with E-state index in [1.54, 1.807) is 0 Å². The summed E-state index contributed by atoms with van der Waals surface area (Å²) in [4.78, 5) is 21.0. The third kappa shape index (κ3) is 2.05. The summed E-state index contributed by atoms with van der Waals surface area (Å²) in [5, 5.41) is 0. The van der Waals surface area contributed by atoms with Gasteiger partial charge in [0, 0.05) is 6.42 Å². The van der Waals surface area contributed by atoms with Crippen molar-refractivity contribution in [3.63, 3.8) is 0 Å². The number of esters is 2. The predicted molar refractivity (Wildman–Crippen MR) is 31.2 cm³/mol. The molecule has 1 aliphatic rings. The molecule has 0 bridgehead atoms. The second-order valence-corrected chi connectivity index (χ2v) is 1.97. The van der Waals surface area contributed by atoms with Crippen LogP contribution < -0.4 is 0 Å². The van der Waals surface area contributed by atoms with E-state index < -0.39 is 11.9 Å². The SMILES string of the molecule is O=C1CC(=O)OCCCO1. The molecule has 1 saturated heterocycles. The summed E-state index contributed by atoms with van der Waals surface area (Å²) in [5.41, 5.74) is 0. The minimum atomic E-state index is -0.496. The van der Waals surface area contributed by atoms with E-state index in [2.05, 4.69) is 9.47 Å². The molecule has 10 heavy (non-hydrogen) atoms. The van der Waals surface area contributed by atoms with E-state index in [0.29, 0.717) is 19.6 Å². The van der Waals surface area contributed by atoms with Gasteiger partial charge in [0.2, 0.25) is 0 Å². The lowest BCUT2D eigenvalue weighted by atomic mass is 10.4. The Kier molecular flexibility index (Phi) is 2.25. The predicted octanol–water partition coefficient (Wildman–Crippen LogP) is -0.133. The summed E-state index contributed by atoms with van der Waals surface area (Å²) >= 11 is 0. The van der Waals surface area contributed by atoms with Gasteiger partial charge in [0.25, 0.3) is 0 Å². The Labute approximate surface area is 58.1 Å². The highest BCUT2D eigenvalue weighted by atomic mass is 16.6. The molecule has 0 aromatic rings. The van der Waals surface area contributed by atoms with Crippen LogP contribution in [0.15, 0.2) is 0 Å². The number of cyclic esters (lactones) is 2. The summed E-state index contributed by atoms with van der Waals surface area (Å²) in [5.74, 6) is -0.991. The van der Waals surface area contributed by atoms with Crippen molar-refractivity contribution in [1.82, 2.24) is 0 Å². The normalized spacial score (nSPS) is 20.4. The zero-order chi connectivity index (χ0) is 7.40. The minimum absolute atomic E-state index is 0.250. The standard InChI is InChI=1S/C6H8O4/c7-5-4-6(8)10-3-1-2-9-5/h1-4H2. The molecule has 0 radical (unpaired) electrons. The van der Waals surface area contributed by atoms with Crippen LogP contribution in [0.5, 0.6) is 0 Å². The summed E-state index contributed by atoms with van der Waals surface area (Å²) in [6, 6.07) is 0. The molecule has 4 nitrogen and oxygen atoms in total. The molecule has 1 fully saturated rings. The molecule has 0 atom stereocenters. The van der Waals surface area contributed by atoms with E-state index >= 15 is 0 Å². The van der Waals surface area contributed by atoms with Gasteiger partial charge in [0.1, 0.15) is 6.42 Å². The largest absolute Gasteiger partial charge is 0.465 e. The molecule has 0 aromatic carbocycles. The first-order valence-corrected chi connectivity index (χ1v) is 3.10. The second kappa shape index (κ2) is 3.20. The Hall–Kier alpha value is -1.06. The quantitative estimate of drug-likeness (QED) is 0.351. The molecule has 0 saturated carbocycles. The topological polar surface area (TPSA) is 52.6 Å². The van der Waals surface area contributed by atoms with Crippen LogP contribution in [0.2, 0.25) is 0 Å². The third-order valence-corrected chi connectivity index (χ3v) is 1.10. The van der Waals surface area contributed by atoms with Crippen molar-refractivity contribution in [2.24, 2.45) is 0 Å². The molecule has 0 N–H and O–H groups in total. The molecular formula is C6H8O4. The molecule has 0 unspecified atom stereocenters. The Morgan fingerprint density at radius 2 is 1.50 bits per heavy atom. The van der Waals surface area contributed by atoms with Crippen LogP contribution in [-0.4, -0.2) is 25.2 Å². The number of ether oxygens (including phenoxy) is 2. The lowest BCUT2D eigenvalue weighted by molar-refractivity contribution is -0.158. The molecule has 1 aliphatic heterocycles. The Bertz CT molecular complexity index is 136. The third-order valence-electron chi connectivity index (χ3n) is 1.10. The maximum Gasteiger partial charge on any atom is 0.317 e. The van der Waals surface area contributed by atoms with E-state index in [1.165, 1.54) is 0 Å². The van der Waals surface area contributed by atoms with Gasteiger partial charge in [-0.15, -0.1) is 0 Å². The minimum Gasteiger partial charge on any atom is -0.465 e. The Morgan fingerprint density at radius 1 is 1.00 bits per heavy atom. The van der Waals surface area contributed by atoms with Crippen LogP contribution in [0.3, 0.4) is 0 Å². The Morgan fingerprint density at radius 3 is 2.00 bits per heavy atom. The zero-order valence-corrected chi connectivity index (χ0v) is 5.46. The van der Waals surface area contributed by atoms with Gasteiger partial charge in [0.05, 0.1) is 13.2 Å². The fourth-order valence-electron chi connectivity index (χ4n) is 0.651. The molecule has 0 spiro atoms. The highest BCUT2D eigenvalue weighted by Crippen LogP contribution is 1.97. The summed E-state index contributed by atoms with van der Waals surface area (Å²) in [6.07, 6.45) is 0.345. The van der Waals surface area contributed by atoms with Gasteiger partial charge in [-0.1, -0.05) is 0 Å². The molecule has 1 heterocycles. The first-order valence-electron chi connectivity index (χ1n) is 3.10. The van der Waals surface area contributed by atoms with E-state index in [0.717, 1.165) is 0 Å².